The maximum Gasteiger partial charge on any atom is 0.339 e. The Balaban J connectivity index is 3.68. The Morgan fingerprint density at radius 1 is 0.719 bits per heavy atom. The number of hydrogen-bond acceptors (Lipinski definition) is 2. The molecule has 2 nitrogen and oxygen atoms in total. The summed E-state index contributed by atoms with van der Waals surface area (Å²) in [4.78, 5) is 12.9. The Morgan fingerprint density at radius 2 is 1.06 bits per heavy atom. The van der Waals surface area contributed by atoms with Crippen molar-refractivity contribution in [1.29, 1.82) is 0 Å². The van der Waals surface area contributed by atoms with E-state index in [4.69, 9.17) is 0 Å². The number of thiophene rings is 1. The van der Waals surface area contributed by atoms with E-state index in [0.29, 0.717) is 49.3 Å². The van der Waals surface area contributed by atoms with E-state index in [1.54, 1.807) is 0 Å². The third-order valence-electron chi connectivity index (χ3n) is 7.54. The van der Waals surface area contributed by atoms with Crippen LogP contribution in [0.4, 0.5) is 0 Å². The van der Waals surface area contributed by atoms with Crippen LogP contribution in [0.25, 0.3) is 0 Å². The van der Waals surface area contributed by atoms with Gasteiger partial charge in [-0.2, -0.15) is 0 Å². The summed E-state index contributed by atoms with van der Waals surface area (Å²) in [5.41, 5.74) is 11.4. The van der Waals surface area contributed by atoms with Crippen LogP contribution in [0.1, 0.15) is 104 Å². The quantitative estimate of drug-likeness (QED) is 0.308. The van der Waals surface area contributed by atoms with E-state index >= 15 is 0 Å². The number of carboxylic acids is 1. The minimum absolute atomic E-state index is 0.299. The largest absolute Gasteiger partial charge is 0.478 e. The molecule has 0 aliphatic heterocycles. The highest BCUT2D eigenvalue weighted by Gasteiger charge is 2.42. The van der Waals surface area contributed by atoms with E-state index in [0.717, 1.165) is 0 Å². The predicted molar refractivity (Wildman–Crippen MR) is 147 cm³/mol. The molecule has 0 unspecified atom stereocenters. The summed E-state index contributed by atoms with van der Waals surface area (Å²) in [5.74, 6) is 5.79. The molecule has 1 heterocycles. The molecule has 0 aliphatic carbocycles. The molecule has 1 N–H and O–H groups in total. The Kier molecular flexibility index (Phi) is 10.1. The molecule has 1 aromatic rings. The monoisotopic (exact) mass is 488 g/mol. The van der Waals surface area contributed by atoms with E-state index in [2.05, 4.69) is 106 Å². The lowest BCUT2D eigenvalue weighted by Gasteiger charge is -2.38. The second kappa shape index (κ2) is 11.2. The van der Waals surface area contributed by atoms with Crippen molar-refractivity contribution in [3.63, 3.8) is 0 Å². The van der Waals surface area contributed by atoms with Crippen molar-refractivity contribution in [1.82, 2.24) is 0 Å². The van der Waals surface area contributed by atoms with E-state index < -0.39 is 22.1 Å². The van der Waals surface area contributed by atoms with Gasteiger partial charge >= 0.3 is 5.97 Å². The molecule has 0 fully saturated rings. The lowest BCUT2D eigenvalue weighted by molar-refractivity contribution is 0.0697. The van der Waals surface area contributed by atoms with Crippen molar-refractivity contribution in [2.75, 3.05) is 0 Å². The third kappa shape index (κ3) is 5.44. The highest BCUT2D eigenvalue weighted by Crippen LogP contribution is 2.42. The number of hydrogen-bond donors (Lipinski definition) is 1. The topological polar surface area (TPSA) is 37.3 Å². The Bertz CT molecular complexity index is 804. The van der Waals surface area contributed by atoms with E-state index in [1.807, 2.05) is 5.38 Å². The molecule has 0 saturated heterocycles. The van der Waals surface area contributed by atoms with Crippen molar-refractivity contribution in [3.05, 3.63) is 21.4 Å². The summed E-state index contributed by atoms with van der Waals surface area (Å²) in [6, 6.07) is 0. The molecule has 1 rings (SSSR count). The maximum atomic E-state index is 12.2. The summed E-state index contributed by atoms with van der Waals surface area (Å²) in [7, 11) is -3.86. The van der Waals surface area contributed by atoms with Gasteiger partial charge in [0.2, 0.25) is 0 Å². The van der Waals surface area contributed by atoms with Crippen LogP contribution in [-0.4, -0.2) is 27.2 Å². The Morgan fingerprint density at radius 3 is 1.38 bits per heavy atom. The molecule has 0 amide bonds. The van der Waals surface area contributed by atoms with Crippen LogP contribution >= 0.6 is 11.3 Å². The fraction of sp³-hybridized carbons (Fsp3) is 0.667. The third-order valence-corrected chi connectivity index (χ3v) is 21.0. The standard InChI is InChI=1S/C27H44O2SSi2/c1-18(2)31(19(3)4,20(5)6)15-13-24-17-30-25(26(24)27(28)29)14-16-32(21(7)8,22(9)10)23(11)12/h17-23H,1-12H3,(H,28,29). The molecule has 5 heteroatoms. The van der Waals surface area contributed by atoms with Gasteiger partial charge in [-0.25, -0.2) is 4.79 Å². The highest BCUT2D eigenvalue weighted by molar-refractivity contribution is 7.11. The lowest BCUT2D eigenvalue weighted by atomic mass is 10.1. The minimum atomic E-state index is -1.93. The average molecular weight is 489 g/mol. The van der Waals surface area contributed by atoms with Gasteiger partial charge in [0.05, 0.1) is 10.4 Å². The first-order chi connectivity index (χ1) is 14.7. The molecular formula is C27H44O2SSi2. The summed E-state index contributed by atoms with van der Waals surface area (Å²) in [6.45, 7) is 27.3. The van der Waals surface area contributed by atoms with Crippen LogP contribution in [0.3, 0.4) is 0 Å². The SMILES string of the molecule is CC(C)[Si](C#Cc1csc(C#C[Si](C(C)C)(C(C)C)C(C)C)c1C(=O)O)(C(C)C)C(C)C. The fourth-order valence-electron chi connectivity index (χ4n) is 5.96. The van der Waals surface area contributed by atoms with Crippen LogP contribution in [0, 0.1) is 22.9 Å². The summed E-state index contributed by atoms with van der Waals surface area (Å²) >= 11 is 1.44. The molecule has 0 aliphatic rings. The molecule has 178 valence electrons. The first kappa shape index (κ1) is 28.8. The van der Waals surface area contributed by atoms with Gasteiger partial charge in [0.15, 0.2) is 0 Å². The summed E-state index contributed by atoms with van der Waals surface area (Å²) in [5, 5.41) is 11.9. The molecule has 0 radical (unpaired) electrons. The van der Waals surface area contributed by atoms with Gasteiger partial charge in [-0.15, -0.1) is 22.4 Å². The molecular weight excluding hydrogens is 445 g/mol. The van der Waals surface area contributed by atoms with Crippen LogP contribution in [0.15, 0.2) is 5.38 Å². The number of carbonyl (C=O) groups is 1. The van der Waals surface area contributed by atoms with Gasteiger partial charge in [0.25, 0.3) is 0 Å². The minimum Gasteiger partial charge on any atom is -0.478 e. The van der Waals surface area contributed by atoms with E-state index in [9.17, 15) is 9.90 Å². The van der Waals surface area contributed by atoms with Crippen LogP contribution in [-0.2, 0) is 0 Å². The molecule has 0 aromatic carbocycles. The zero-order chi connectivity index (χ0) is 25.0. The van der Waals surface area contributed by atoms with Gasteiger partial charge in [-0.1, -0.05) is 94.9 Å². The zero-order valence-electron chi connectivity index (χ0n) is 22.3. The average Bonchev–Trinajstić information content (AvgIpc) is 3.04. The number of carboxylic acid groups (broad SMARTS) is 1. The molecule has 0 saturated carbocycles. The van der Waals surface area contributed by atoms with E-state index in [-0.39, 0.29) is 0 Å². The highest BCUT2D eigenvalue weighted by atomic mass is 32.1. The van der Waals surface area contributed by atoms with Crippen molar-refractivity contribution in [2.45, 2.75) is 116 Å². The second-order valence-electron chi connectivity index (χ2n) is 11.0. The van der Waals surface area contributed by atoms with Crippen molar-refractivity contribution in [3.8, 4) is 22.9 Å². The van der Waals surface area contributed by atoms with Gasteiger partial charge in [-0.3, -0.25) is 0 Å². The maximum absolute atomic E-state index is 12.2. The Labute approximate surface area is 203 Å². The van der Waals surface area contributed by atoms with Gasteiger partial charge in [0, 0.05) is 5.38 Å². The predicted octanol–water partition coefficient (Wildman–Crippen LogP) is 8.59. The van der Waals surface area contributed by atoms with Gasteiger partial charge < -0.3 is 5.11 Å². The first-order valence-electron chi connectivity index (χ1n) is 12.1. The lowest BCUT2D eigenvalue weighted by Crippen LogP contribution is -2.43. The summed E-state index contributed by atoms with van der Waals surface area (Å²) in [6.07, 6.45) is 0. The summed E-state index contributed by atoms with van der Waals surface area (Å²) < 4.78 is 0. The fourth-order valence-corrected chi connectivity index (χ4v) is 17.3. The smallest absolute Gasteiger partial charge is 0.339 e. The normalized spacial score (nSPS) is 12.6. The van der Waals surface area contributed by atoms with Crippen molar-refractivity contribution < 1.29 is 9.90 Å². The van der Waals surface area contributed by atoms with Gasteiger partial charge in [-0.05, 0) is 33.2 Å². The second-order valence-corrected chi connectivity index (χ2v) is 23.0. The number of rotatable bonds is 7. The van der Waals surface area contributed by atoms with Crippen LogP contribution in [0.5, 0.6) is 0 Å². The molecule has 32 heavy (non-hydrogen) atoms. The Hall–Kier alpha value is -1.28. The zero-order valence-corrected chi connectivity index (χ0v) is 25.1. The van der Waals surface area contributed by atoms with E-state index in [1.165, 1.54) is 11.3 Å². The number of aromatic carboxylic acids is 1. The molecule has 0 spiro atoms. The van der Waals surface area contributed by atoms with Crippen LogP contribution < -0.4 is 0 Å². The molecule has 0 atom stereocenters. The van der Waals surface area contributed by atoms with Gasteiger partial charge in [0.1, 0.15) is 21.7 Å². The first-order valence-corrected chi connectivity index (χ1v) is 17.4. The molecule has 1 aromatic heterocycles. The molecule has 0 bridgehead atoms. The van der Waals surface area contributed by atoms with Crippen LogP contribution in [0.2, 0.25) is 33.2 Å². The van der Waals surface area contributed by atoms with Crippen molar-refractivity contribution in [2.24, 2.45) is 0 Å². The van der Waals surface area contributed by atoms with Crippen molar-refractivity contribution >= 4 is 33.5 Å².